The highest BCUT2D eigenvalue weighted by Gasteiger charge is 2.42. The lowest BCUT2D eigenvalue weighted by Gasteiger charge is -2.28. The summed E-state index contributed by atoms with van der Waals surface area (Å²) in [5.41, 5.74) is 3.89. The second-order valence-electron chi connectivity index (χ2n) is 9.24. The molecule has 1 N–H and O–H groups in total. The number of anilines is 1. The first-order valence-corrected chi connectivity index (χ1v) is 12.4. The number of ether oxygens (including phenoxy) is 2. The highest BCUT2D eigenvalue weighted by molar-refractivity contribution is 7.80. The molecule has 2 aromatic heterocycles. The number of halogens is 3. The van der Waals surface area contributed by atoms with Crippen LogP contribution in [0.1, 0.15) is 40.3 Å². The largest absolute Gasteiger partial charge is 0.454 e. The van der Waals surface area contributed by atoms with Gasteiger partial charge in [0.1, 0.15) is 0 Å². The van der Waals surface area contributed by atoms with Gasteiger partial charge in [0.25, 0.3) is 0 Å². The van der Waals surface area contributed by atoms with Crippen LogP contribution in [0.2, 0.25) is 0 Å². The molecule has 0 unspecified atom stereocenters. The molecule has 4 aromatic rings. The van der Waals surface area contributed by atoms with Gasteiger partial charge in [0.05, 0.1) is 23.3 Å². The first-order chi connectivity index (χ1) is 18.2. The molecule has 2 aliphatic rings. The van der Waals surface area contributed by atoms with Crippen molar-refractivity contribution in [2.24, 2.45) is 0 Å². The molecule has 2 aromatic carbocycles. The molecule has 0 amide bonds. The molecule has 0 spiro atoms. The van der Waals surface area contributed by atoms with E-state index < -0.39 is 11.7 Å². The predicted molar refractivity (Wildman–Crippen MR) is 141 cm³/mol. The van der Waals surface area contributed by atoms with Crippen LogP contribution in [0.3, 0.4) is 0 Å². The Kier molecular flexibility index (Phi) is 5.79. The van der Waals surface area contributed by atoms with Crippen LogP contribution in [0, 0.1) is 13.8 Å². The average molecular weight is 537 g/mol. The Morgan fingerprint density at radius 2 is 1.76 bits per heavy atom. The zero-order valence-corrected chi connectivity index (χ0v) is 21.3. The second kappa shape index (κ2) is 9.05. The van der Waals surface area contributed by atoms with E-state index in [0.29, 0.717) is 22.3 Å². The van der Waals surface area contributed by atoms with Gasteiger partial charge in [-0.1, -0.05) is 12.1 Å². The zero-order chi connectivity index (χ0) is 26.6. The van der Waals surface area contributed by atoms with E-state index in [1.807, 2.05) is 65.8 Å². The predicted octanol–water partition coefficient (Wildman–Crippen LogP) is 6.41. The number of fused-ring (bicyclic) bond motifs is 1. The van der Waals surface area contributed by atoms with E-state index in [1.165, 1.54) is 12.1 Å². The number of nitrogens with one attached hydrogen (secondary N) is 1. The fourth-order valence-corrected chi connectivity index (χ4v) is 5.64. The number of aromatic nitrogens is 2. The molecule has 0 saturated carbocycles. The van der Waals surface area contributed by atoms with Gasteiger partial charge in [-0.3, -0.25) is 4.98 Å². The number of pyridine rings is 1. The summed E-state index contributed by atoms with van der Waals surface area (Å²) in [7, 11) is 0. The molecule has 6 nitrogen and oxygen atoms in total. The van der Waals surface area contributed by atoms with Crippen LogP contribution >= 0.6 is 12.2 Å². The first kappa shape index (κ1) is 24.3. The molecular formula is C28H23F3N4O2S. The van der Waals surface area contributed by atoms with Gasteiger partial charge in [0.2, 0.25) is 6.79 Å². The van der Waals surface area contributed by atoms with Crippen LogP contribution in [0.4, 0.5) is 18.9 Å². The van der Waals surface area contributed by atoms with E-state index in [9.17, 15) is 13.2 Å². The Balaban J connectivity index is 1.50. The van der Waals surface area contributed by atoms with E-state index in [2.05, 4.69) is 10.3 Å². The molecule has 2 atom stereocenters. The topological polar surface area (TPSA) is 51.6 Å². The lowest BCUT2D eigenvalue weighted by molar-refractivity contribution is -0.137. The highest BCUT2D eigenvalue weighted by Crippen LogP contribution is 2.46. The van der Waals surface area contributed by atoms with E-state index in [4.69, 9.17) is 21.7 Å². The number of hydrogen-bond acceptors (Lipinski definition) is 4. The van der Waals surface area contributed by atoms with Crippen LogP contribution in [0.15, 0.2) is 72.9 Å². The van der Waals surface area contributed by atoms with Crippen molar-refractivity contribution in [3.05, 3.63) is 101 Å². The SMILES string of the molecule is Cc1cc([C@H]2[C@H](c3ccccn3)NC(=S)N2c2ccc3c(c2)OCO3)c(C)n1-c1cccc(C(F)(F)F)c1. The standard InChI is InChI=1S/C28H23F3N4O2S/c1-16-12-21(17(2)34(16)19-7-5-6-18(13-19)28(29,30)31)26-25(22-8-3-4-11-32-22)33-27(38)35(26)20-9-10-23-24(14-20)37-15-36-23/h3-14,25-26H,15H2,1-2H3,(H,33,38)/t25-,26-/m0/s1. The number of aryl methyl sites for hydroxylation is 1. The number of rotatable bonds is 4. The lowest BCUT2D eigenvalue weighted by Crippen LogP contribution is -2.29. The summed E-state index contributed by atoms with van der Waals surface area (Å²) in [4.78, 5) is 6.60. The van der Waals surface area contributed by atoms with Crippen molar-refractivity contribution in [3.8, 4) is 17.2 Å². The lowest BCUT2D eigenvalue weighted by atomic mass is 9.96. The van der Waals surface area contributed by atoms with E-state index in [1.54, 1.807) is 12.3 Å². The van der Waals surface area contributed by atoms with Gasteiger partial charge in [-0.25, -0.2) is 0 Å². The van der Waals surface area contributed by atoms with Crippen LogP contribution in [0.5, 0.6) is 11.5 Å². The van der Waals surface area contributed by atoms with Gasteiger partial charge in [-0.15, -0.1) is 0 Å². The maximum Gasteiger partial charge on any atom is 0.416 e. The van der Waals surface area contributed by atoms with Gasteiger partial charge in [0, 0.05) is 35.0 Å². The minimum Gasteiger partial charge on any atom is -0.454 e. The third-order valence-electron chi connectivity index (χ3n) is 6.95. The summed E-state index contributed by atoms with van der Waals surface area (Å²) in [5.74, 6) is 1.28. The summed E-state index contributed by atoms with van der Waals surface area (Å²) < 4.78 is 53.4. The molecule has 194 valence electrons. The molecular weight excluding hydrogens is 513 g/mol. The monoisotopic (exact) mass is 536 g/mol. The Labute approximate surface area is 222 Å². The Morgan fingerprint density at radius 3 is 2.53 bits per heavy atom. The van der Waals surface area contributed by atoms with E-state index in [0.717, 1.165) is 34.4 Å². The van der Waals surface area contributed by atoms with Crippen molar-refractivity contribution in [1.82, 2.24) is 14.9 Å². The van der Waals surface area contributed by atoms with Crippen molar-refractivity contribution in [3.63, 3.8) is 0 Å². The van der Waals surface area contributed by atoms with E-state index >= 15 is 0 Å². The highest BCUT2D eigenvalue weighted by atomic mass is 32.1. The fraction of sp³-hybridized carbons (Fsp3) is 0.214. The summed E-state index contributed by atoms with van der Waals surface area (Å²) >= 11 is 5.82. The van der Waals surface area contributed by atoms with Crippen LogP contribution in [0.25, 0.3) is 5.69 Å². The van der Waals surface area contributed by atoms with E-state index in [-0.39, 0.29) is 18.9 Å². The van der Waals surface area contributed by atoms with Crippen molar-refractivity contribution in [2.75, 3.05) is 11.7 Å². The third-order valence-corrected chi connectivity index (χ3v) is 7.27. The molecule has 0 aliphatic carbocycles. The van der Waals surface area contributed by atoms with Gasteiger partial charge < -0.3 is 24.3 Å². The molecule has 10 heteroatoms. The van der Waals surface area contributed by atoms with Crippen LogP contribution in [-0.4, -0.2) is 21.5 Å². The van der Waals surface area contributed by atoms with Gasteiger partial charge >= 0.3 is 6.18 Å². The molecule has 2 aliphatic heterocycles. The molecule has 1 saturated heterocycles. The van der Waals surface area contributed by atoms with Gasteiger partial charge in [-0.05, 0) is 80.2 Å². The molecule has 38 heavy (non-hydrogen) atoms. The van der Waals surface area contributed by atoms with Crippen molar-refractivity contribution < 1.29 is 22.6 Å². The van der Waals surface area contributed by atoms with Crippen LogP contribution < -0.4 is 19.7 Å². The third kappa shape index (κ3) is 4.05. The minimum atomic E-state index is -4.43. The Morgan fingerprint density at radius 1 is 0.947 bits per heavy atom. The molecule has 6 rings (SSSR count). The molecule has 0 bridgehead atoms. The number of benzene rings is 2. The zero-order valence-electron chi connectivity index (χ0n) is 20.5. The Bertz CT molecular complexity index is 1540. The quantitative estimate of drug-likeness (QED) is 0.304. The number of hydrogen-bond donors (Lipinski definition) is 1. The smallest absolute Gasteiger partial charge is 0.416 e. The Hall–Kier alpha value is -4.05. The summed E-state index contributed by atoms with van der Waals surface area (Å²) in [5, 5.41) is 3.93. The van der Waals surface area contributed by atoms with Crippen molar-refractivity contribution in [2.45, 2.75) is 32.1 Å². The number of nitrogens with zero attached hydrogens (tertiary/aromatic N) is 3. The average Bonchev–Trinajstić information content (AvgIpc) is 3.58. The van der Waals surface area contributed by atoms with Gasteiger partial charge in [-0.2, -0.15) is 13.2 Å². The van der Waals surface area contributed by atoms with Crippen LogP contribution in [-0.2, 0) is 6.18 Å². The number of thiocarbonyl (C=S) groups is 1. The maximum absolute atomic E-state index is 13.5. The summed E-state index contributed by atoms with van der Waals surface area (Å²) in [6, 6.07) is 18.1. The maximum atomic E-state index is 13.5. The first-order valence-electron chi connectivity index (χ1n) is 12.0. The van der Waals surface area contributed by atoms with Gasteiger partial charge in [0.15, 0.2) is 16.6 Å². The molecule has 4 heterocycles. The second-order valence-corrected chi connectivity index (χ2v) is 9.63. The van der Waals surface area contributed by atoms with Crippen molar-refractivity contribution >= 4 is 23.0 Å². The fourth-order valence-electron chi connectivity index (χ4n) is 5.29. The number of alkyl halides is 3. The molecule has 1 fully saturated rings. The molecule has 0 radical (unpaired) electrons. The van der Waals surface area contributed by atoms with Crippen molar-refractivity contribution in [1.29, 1.82) is 0 Å². The summed E-state index contributed by atoms with van der Waals surface area (Å²) in [6.45, 7) is 3.95. The normalized spacial score (nSPS) is 18.7. The minimum absolute atomic E-state index is 0.152. The summed E-state index contributed by atoms with van der Waals surface area (Å²) in [6.07, 6.45) is -2.71.